The molecule has 0 aliphatic rings. The molecular formula is C17H30BN. The predicted molar refractivity (Wildman–Crippen MR) is 88.5 cm³/mol. The number of hydrogen-bond donors (Lipinski definition) is 1. The second-order valence-corrected chi connectivity index (χ2v) is 6.29. The number of unbranched alkanes of at least 4 members (excludes halogenated alkanes) is 2. The van der Waals surface area contributed by atoms with Crippen LogP contribution in [0.4, 0.5) is 0 Å². The van der Waals surface area contributed by atoms with Crippen molar-refractivity contribution in [1.29, 1.82) is 0 Å². The summed E-state index contributed by atoms with van der Waals surface area (Å²) in [5.74, 6) is 0. The smallest absolute Gasteiger partial charge is 0.176 e. The molecule has 1 aromatic carbocycles. The molecule has 0 aliphatic heterocycles. The minimum Gasteiger partial charge on any atom is -0.322 e. The van der Waals surface area contributed by atoms with Gasteiger partial charge < -0.3 is 5.73 Å². The predicted octanol–water partition coefficient (Wildman–Crippen LogP) is 4.18. The van der Waals surface area contributed by atoms with E-state index in [1.165, 1.54) is 49.3 Å². The van der Waals surface area contributed by atoms with Gasteiger partial charge in [0.05, 0.1) is 0 Å². The van der Waals surface area contributed by atoms with Gasteiger partial charge >= 0.3 is 0 Å². The van der Waals surface area contributed by atoms with Crippen molar-refractivity contribution in [3.8, 4) is 0 Å². The first-order chi connectivity index (χ1) is 9.00. The molecule has 2 heteroatoms. The van der Waals surface area contributed by atoms with Gasteiger partial charge in [0.15, 0.2) is 6.71 Å². The average molecular weight is 259 g/mol. The first kappa shape index (κ1) is 16.3. The van der Waals surface area contributed by atoms with Crippen molar-refractivity contribution in [3.63, 3.8) is 0 Å². The van der Waals surface area contributed by atoms with Gasteiger partial charge in [0.25, 0.3) is 0 Å². The Bertz CT molecular complexity index is 360. The maximum atomic E-state index is 6.35. The molecule has 0 aromatic heterocycles. The van der Waals surface area contributed by atoms with Gasteiger partial charge in [0, 0.05) is 5.54 Å². The minimum atomic E-state index is -0.243. The SMILES string of the molecule is CCCCB(CCCC)c1ccccc1C(C)(C)N. The van der Waals surface area contributed by atoms with E-state index in [-0.39, 0.29) is 5.54 Å². The highest BCUT2D eigenvalue weighted by Gasteiger charge is 2.24. The van der Waals surface area contributed by atoms with Crippen molar-refractivity contribution >= 4 is 12.2 Å². The molecule has 1 nitrogen and oxygen atoms in total. The first-order valence-corrected chi connectivity index (χ1v) is 7.89. The van der Waals surface area contributed by atoms with Crippen molar-refractivity contribution in [3.05, 3.63) is 29.8 Å². The summed E-state index contributed by atoms with van der Waals surface area (Å²) in [4.78, 5) is 0. The van der Waals surface area contributed by atoms with Gasteiger partial charge in [-0.3, -0.25) is 0 Å². The van der Waals surface area contributed by atoms with E-state index in [1.54, 1.807) is 0 Å². The Labute approximate surface area is 120 Å². The van der Waals surface area contributed by atoms with Gasteiger partial charge in [-0.2, -0.15) is 0 Å². The van der Waals surface area contributed by atoms with E-state index >= 15 is 0 Å². The fraction of sp³-hybridized carbons (Fsp3) is 0.647. The monoisotopic (exact) mass is 259 g/mol. The molecule has 0 bridgehead atoms. The Balaban J connectivity index is 3.00. The molecule has 1 aromatic rings. The Morgan fingerprint density at radius 2 is 1.53 bits per heavy atom. The largest absolute Gasteiger partial charge is 0.322 e. The van der Waals surface area contributed by atoms with Gasteiger partial charge in [0.2, 0.25) is 0 Å². The van der Waals surface area contributed by atoms with Gasteiger partial charge in [-0.25, -0.2) is 0 Å². The lowest BCUT2D eigenvalue weighted by atomic mass is 9.38. The molecule has 1 rings (SSSR count). The standard InChI is InChI=1S/C17H30BN/c1-5-7-13-18(14-8-6-2)16-12-10-9-11-15(16)17(3,4)19/h9-12H,5-8,13-14,19H2,1-4H3. The Kier molecular flexibility index (Phi) is 6.64. The Hall–Kier alpha value is -0.755. The molecule has 0 atom stereocenters. The molecule has 19 heavy (non-hydrogen) atoms. The molecule has 0 spiro atoms. The van der Waals surface area contributed by atoms with Crippen LogP contribution in [0.5, 0.6) is 0 Å². The van der Waals surface area contributed by atoms with E-state index in [4.69, 9.17) is 5.73 Å². The quantitative estimate of drug-likeness (QED) is 0.696. The zero-order valence-corrected chi connectivity index (χ0v) is 13.2. The lowest BCUT2D eigenvalue weighted by Crippen LogP contribution is -2.41. The van der Waals surface area contributed by atoms with Crippen LogP contribution in [0.25, 0.3) is 0 Å². The van der Waals surface area contributed by atoms with Gasteiger partial charge in [-0.1, -0.05) is 81.9 Å². The van der Waals surface area contributed by atoms with Crippen LogP contribution in [-0.2, 0) is 5.54 Å². The van der Waals surface area contributed by atoms with E-state index in [1.807, 2.05) is 0 Å². The van der Waals surface area contributed by atoms with Crippen LogP contribution < -0.4 is 11.2 Å². The average Bonchev–Trinajstić information content (AvgIpc) is 2.38. The molecule has 0 fully saturated rings. The lowest BCUT2D eigenvalue weighted by molar-refractivity contribution is 0.557. The maximum Gasteiger partial charge on any atom is 0.176 e. The molecule has 106 valence electrons. The minimum absolute atomic E-state index is 0.243. The third kappa shape index (κ3) is 5.02. The zero-order valence-electron chi connectivity index (χ0n) is 13.2. The van der Waals surface area contributed by atoms with Crippen molar-refractivity contribution in [2.24, 2.45) is 5.73 Å². The zero-order chi connectivity index (χ0) is 14.3. The molecule has 0 amide bonds. The molecule has 0 aliphatic carbocycles. The number of rotatable bonds is 8. The number of nitrogens with two attached hydrogens (primary N) is 1. The van der Waals surface area contributed by atoms with Crippen LogP contribution in [0, 0.1) is 0 Å². The van der Waals surface area contributed by atoms with Crippen LogP contribution in [0.3, 0.4) is 0 Å². The Morgan fingerprint density at radius 3 is 2.00 bits per heavy atom. The fourth-order valence-electron chi connectivity index (χ4n) is 2.80. The lowest BCUT2D eigenvalue weighted by Gasteiger charge is -2.26. The molecule has 0 saturated carbocycles. The fourth-order valence-corrected chi connectivity index (χ4v) is 2.80. The molecule has 0 heterocycles. The van der Waals surface area contributed by atoms with Crippen LogP contribution in [0.1, 0.15) is 58.9 Å². The summed E-state index contributed by atoms with van der Waals surface area (Å²) in [5.41, 5.74) is 8.92. The molecule has 0 radical (unpaired) electrons. The van der Waals surface area contributed by atoms with Crippen LogP contribution in [0.2, 0.25) is 12.6 Å². The van der Waals surface area contributed by atoms with Gasteiger partial charge in [-0.15, -0.1) is 0 Å². The van der Waals surface area contributed by atoms with E-state index in [2.05, 4.69) is 52.0 Å². The third-order valence-corrected chi connectivity index (χ3v) is 3.91. The number of benzene rings is 1. The van der Waals surface area contributed by atoms with Crippen molar-refractivity contribution in [2.45, 2.75) is 71.6 Å². The molecule has 0 unspecified atom stereocenters. The van der Waals surface area contributed by atoms with Crippen LogP contribution >= 0.6 is 0 Å². The summed E-state index contributed by atoms with van der Waals surface area (Å²) in [5, 5.41) is 0. The van der Waals surface area contributed by atoms with Crippen LogP contribution in [0.15, 0.2) is 24.3 Å². The highest BCUT2D eigenvalue weighted by molar-refractivity contribution is 6.73. The second kappa shape index (κ2) is 7.74. The summed E-state index contributed by atoms with van der Waals surface area (Å²) in [6, 6.07) is 8.78. The summed E-state index contributed by atoms with van der Waals surface area (Å²) in [6.07, 6.45) is 7.77. The van der Waals surface area contributed by atoms with E-state index < -0.39 is 0 Å². The van der Waals surface area contributed by atoms with Crippen molar-refractivity contribution in [1.82, 2.24) is 0 Å². The third-order valence-electron chi connectivity index (χ3n) is 3.91. The van der Waals surface area contributed by atoms with Crippen LogP contribution in [-0.4, -0.2) is 6.71 Å². The molecule has 0 saturated heterocycles. The normalized spacial score (nSPS) is 11.6. The van der Waals surface area contributed by atoms with Gasteiger partial charge in [0.1, 0.15) is 0 Å². The van der Waals surface area contributed by atoms with Crippen molar-refractivity contribution < 1.29 is 0 Å². The second-order valence-electron chi connectivity index (χ2n) is 6.29. The summed E-state index contributed by atoms with van der Waals surface area (Å²) >= 11 is 0. The highest BCUT2D eigenvalue weighted by Crippen LogP contribution is 2.19. The van der Waals surface area contributed by atoms with E-state index in [9.17, 15) is 0 Å². The summed E-state index contributed by atoms with van der Waals surface area (Å²) in [6.45, 7) is 9.45. The van der Waals surface area contributed by atoms with Gasteiger partial charge in [-0.05, 0) is 19.4 Å². The number of hydrogen-bond acceptors (Lipinski definition) is 1. The highest BCUT2D eigenvalue weighted by atomic mass is 14.7. The summed E-state index contributed by atoms with van der Waals surface area (Å²) < 4.78 is 0. The topological polar surface area (TPSA) is 26.0 Å². The van der Waals surface area contributed by atoms with E-state index in [0.717, 1.165) is 0 Å². The molecule has 2 N–H and O–H groups in total. The summed E-state index contributed by atoms with van der Waals surface area (Å²) in [7, 11) is 0. The molecular weight excluding hydrogens is 229 g/mol. The first-order valence-electron chi connectivity index (χ1n) is 7.89. The van der Waals surface area contributed by atoms with Crippen molar-refractivity contribution in [2.75, 3.05) is 0 Å². The Morgan fingerprint density at radius 1 is 1.00 bits per heavy atom. The van der Waals surface area contributed by atoms with E-state index in [0.29, 0.717) is 6.71 Å². The maximum absolute atomic E-state index is 6.35.